The molecule has 2 amide bonds. The van der Waals surface area contributed by atoms with Crippen LogP contribution in [0.5, 0.6) is 0 Å². The van der Waals surface area contributed by atoms with Gasteiger partial charge in [0, 0.05) is 32.0 Å². The number of amides is 2. The van der Waals surface area contributed by atoms with E-state index in [1.54, 1.807) is 30.3 Å². The summed E-state index contributed by atoms with van der Waals surface area (Å²) in [7, 11) is -3.70. The van der Waals surface area contributed by atoms with Gasteiger partial charge in [-0.2, -0.15) is 0 Å². The first-order valence-corrected chi connectivity index (χ1v) is 15.0. The van der Waals surface area contributed by atoms with Gasteiger partial charge in [-0.1, -0.05) is 53.0 Å². The van der Waals surface area contributed by atoms with Crippen molar-refractivity contribution in [2.75, 3.05) is 25.6 Å². The molecule has 2 atom stereocenters. The molecule has 2 fully saturated rings. The normalized spacial score (nSPS) is 23.5. The maximum Gasteiger partial charge on any atom is 0.224 e. The van der Waals surface area contributed by atoms with Crippen molar-refractivity contribution in [2.45, 2.75) is 23.6 Å². The van der Waals surface area contributed by atoms with Crippen molar-refractivity contribution >= 4 is 66.3 Å². The van der Waals surface area contributed by atoms with Crippen molar-refractivity contribution in [3.05, 3.63) is 68.7 Å². The lowest BCUT2D eigenvalue weighted by molar-refractivity contribution is -0.131. The Kier molecular flexibility index (Phi) is 8.43. The van der Waals surface area contributed by atoms with Crippen LogP contribution in [0.1, 0.15) is 34.7 Å². The number of benzene rings is 2. The van der Waals surface area contributed by atoms with E-state index in [2.05, 4.69) is 0 Å². The number of hydrogen-bond donors (Lipinski definition) is 0. The Labute approximate surface area is 219 Å². The second kappa shape index (κ2) is 10.6. The van der Waals surface area contributed by atoms with Gasteiger partial charge < -0.3 is 9.80 Å². The molecular formula is C22H23Cl3N2O6S2. The van der Waals surface area contributed by atoms with Crippen LogP contribution in [0.2, 0.25) is 15.1 Å². The van der Waals surface area contributed by atoms with Gasteiger partial charge in [0.2, 0.25) is 11.8 Å². The zero-order chi connectivity index (χ0) is 26.1. The molecule has 0 radical (unpaired) electrons. The van der Waals surface area contributed by atoms with Crippen LogP contribution in [-0.4, -0.2) is 64.1 Å². The highest BCUT2D eigenvalue weighted by molar-refractivity contribution is 7.92. The Morgan fingerprint density at radius 1 is 0.686 bits per heavy atom. The van der Waals surface area contributed by atoms with Crippen LogP contribution in [0, 0.1) is 0 Å². The van der Waals surface area contributed by atoms with E-state index in [1.807, 2.05) is 0 Å². The fourth-order valence-electron chi connectivity index (χ4n) is 3.93. The number of halogens is 3. The summed E-state index contributed by atoms with van der Waals surface area (Å²) in [6.45, 7) is 0. The average molecular weight is 582 g/mol. The summed E-state index contributed by atoms with van der Waals surface area (Å²) < 4.78 is 48.1. The molecule has 2 aromatic rings. The number of rotatable bonds is 2. The quantitative estimate of drug-likeness (QED) is 0.532. The van der Waals surface area contributed by atoms with E-state index in [0.29, 0.717) is 21.2 Å². The van der Waals surface area contributed by atoms with Crippen molar-refractivity contribution in [3.63, 3.8) is 0 Å². The number of carbonyl (C=O) groups is 2. The van der Waals surface area contributed by atoms with Gasteiger partial charge in [0.15, 0.2) is 30.4 Å². The van der Waals surface area contributed by atoms with E-state index < -0.39 is 30.4 Å². The fraction of sp³-hybridized carbons (Fsp3) is 0.364. The molecule has 0 N–H and O–H groups in total. The molecule has 2 aliphatic heterocycles. The summed E-state index contributed by atoms with van der Waals surface area (Å²) >= 11 is 17.4. The standard InChI is InChI=1S/C11H11Cl2NO3S.C11H12ClNO3S/c1-14-10(15)4-5-18(16,17)11(14)7-2-3-8(12)9(13)6-7;1-13-10(14)6-7-17(15,16)11(13)8-2-4-9(12)5-3-8/h2-3,6,11H,4-5H2,1H3;2-5,11H,6-7H2,1H3. The minimum Gasteiger partial charge on any atom is -0.325 e. The maximum absolute atomic E-state index is 12.1. The Balaban J connectivity index is 0.000000196. The highest BCUT2D eigenvalue weighted by Gasteiger charge is 2.39. The van der Waals surface area contributed by atoms with Gasteiger partial charge in [-0.05, 0) is 35.4 Å². The van der Waals surface area contributed by atoms with E-state index in [-0.39, 0.29) is 41.2 Å². The first-order valence-electron chi connectivity index (χ1n) is 10.4. The minimum atomic E-state index is -3.38. The number of carbonyl (C=O) groups excluding carboxylic acids is 2. The van der Waals surface area contributed by atoms with Gasteiger partial charge >= 0.3 is 0 Å². The molecule has 35 heavy (non-hydrogen) atoms. The lowest BCUT2D eigenvalue weighted by Gasteiger charge is -2.32. The largest absolute Gasteiger partial charge is 0.325 e. The molecule has 190 valence electrons. The Morgan fingerprint density at radius 3 is 1.57 bits per heavy atom. The highest BCUT2D eigenvalue weighted by atomic mass is 35.5. The van der Waals surface area contributed by atoms with Crippen LogP contribution in [0.25, 0.3) is 0 Å². The molecule has 2 heterocycles. The van der Waals surface area contributed by atoms with Crippen LogP contribution in [0.4, 0.5) is 0 Å². The average Bonchev–Trinajstić information content (AvgIpc) is 2.78. The van der Waals surface area contributed by atoms with Crippen LogP contribution in [0.15, 0.2) is 42.5 Å². The van der Waals surface area contributed by atoms with Crippen molar-refractivity contribution in [1.82, 2.24) is 9.80 Å². The predicted octanol–water partition coefficient (Wildman–Crippen LogP) is 3.88. The third kappa shape index (κ3) is 6.11. The molecule has 0 aliphatic carbocycles. The van der Waals surface area contributed by atoms with Crippen molar-refractivity contribution in [3.8, 4) is 0 Å². The molecule has 0 bridgehead atoms. The molecule has 0 spiro atoms. The van der Waals surface area contributed by atoms with E-state index >= 15 is 0 Å². The van der Waals surface area contributed by atoms with Crippen molar-refractivity contribution in [1.29, 1.82) is 0 Å². The van der Waals surface area contributed by atoms with Gasteiger partial charge in [0.05, 0.1) is 21.6 Å². The van der Waals surface area contributed by atoms with Gasteiger partial charge in [-0.3, -0.25) is 9.59 Å². The van der Waals surface area contributed by atoms with Gasteiger partial charge in [0.25, 0.3) is 0 Å². The Bertz CT molecular complexity index is 1350. The van der Waals surface area contributed by atoms with Crippen LogP contribution >= 0.6 is 34.8 Å². The van der Waals surface area contributed by atoms with Gasteiger partial charge in [-0.25, -0.2) is 16.8 Å². The van der Waals surface area contributed by atoms with Gasteiger partial charge in [-0.15, -0.1) is 0 Å². The van der Waals surface area contributed by atoms with Gasteiger partial charge in [0.1, 0.15) is 0 Å². The zero-order valence-electron chi connectivity index (χ0n) is 18.8. The monoisotopic (exact) mass is 580 g/mol. The van der Waals surface area contributed by atoms with E-state index in [4.69, 9.17) is 34.8 Å². The molecule has 2 saturated heterocycles. The SMILES string of the molecule is CN1C(=O)CCS(=O)(=O)C1c1ccc(Cl)c(Cl)c1.CN1C(=O)CCS(=O)(=O)C1c1ccc(Cl)cc1. The second-order valence-electron chi connectivity index (χ2n) is 8.17. The molecule has 0 aromatic heterocycles. The van der Waals surface area contributed by atoms with E-state index in [9.17, 15) is 26.4 Å². The molecule has 2 unspecified atom stereocenters. The Morgan fingerprint density at radius 2 is 1.11 bits per heavy atom. The number of nitrogens with zero attached hydrogens (tertiary/aromatic N) is 2. The van der Waals surface area contributed by atoms with Crippen LogP contribution < -0.4 is 0 Å². The van der Waals surface area contributed by atoms with Crippen molar-refractivity contribution in [2.24, 2.45) is 0 Å². The zero-order valence-corrected chi connectivity index (χ0v) is 22.7. The number of hydrogen-bond acceptors (Lipinski definition) is 6. The summed E-state index contributed by atoms with van der Waals surface area (Å²) in [5, 5.41) is -0.705. The molecule has 2 aromatic carbocycles. The molecular weight excluding hydrogens is 559 g/mol. The van der Waals surface area contributed by atoms with E-state index in [0.717, 1.165) is 0 Å². The third-order valence-corrected chi connectivity index (χ3v) is 10.8. The lowest BCUT2D eigenvalue weighted by Crippen LogP contribution is -2.42. The highest BCUT2D eigenvalue weighted by Crippen LogP contribution is 2.34. The summed E-state index contributed by atoms with van der Waals surface area (Å²) in [4.78, 5) is 25.7. The maximum atomic E-state index is 12.1. The lowest BCUT2D eigenvalue weighted by atomic mass is 10.2. The number of sulfone groups is 2. The first kappa shape index (κ1) is 27.7. The summed E-state index contributed by atoms with van der Waals surface area (Å²) in [5.41, 5.74) is 1.03. The van der Waals surface area contributed by atoms with Crippen LogP contribution in [0.3, 0.4) is 0 Å². The van der Waals surface area contributed by atoms with Crippen LogP contribution in [-0.2, 0) is 29.3 Å². The molecule has 8 nitrogen and oxygen atoms in total. The molecule has 0 saturated carbocycles. The predicted molar refractivity (Wildman–Crippen MR) is 136 cm³/mol. The second-order valence-corrected chi connectivity index (χ2v) is 13.8. The van der Waals surface area contributed by atoms with Crippen molar-refractivity contribution < 1.29 is 26.4 Å². The smallest absolute Gasteiger partial charge is 0.224 e. The Hall–Kier alpha value is -1.85. The van der Waals surface area contributed by atoms with E-state index in [1.165, 1.54) is 36.0 Å². The summed E-state index contributed by atoms with van der Waals surface area (Å²) in [5.74, 6) is -0.578. The third-order valence-electron chi connectivity index (χ3n) is 5.76. The summed E-state index contributed by atoms with van der Waals surface area (Å²) in [6, 6.07) is 11.1. The fourth-order valence-corrected chi connectivity index (χ4v) is 8.06. The minimum absolute atomic E-state index is 0.0245. The molecule has 13 heteroatoms. The summed E-state index contributed by atoms with van der Waals surface area (Å²) in [6.07, 6.45) is 0.0829. The first-order chi connectivity index (χ1) is 16.2. The molecule has 4 rings (SSSR count). The topological polar surface area (TPSA) is 109 Å². The molecule has 2 aliphatic rings.